The number of halogens is 4. The van der Waals surface area contributed by atoms with Gasteiger partial charge in [-0.05, 0) is 12.1 Å². The molecule has 158 valence electrons. The van der Waals surface area contributed by atoms with Crippen LogP contribution in [0, 0.1) is 10.1 Å². The second kappa shape index (κ2) is 8.23. The molecule has 30 heavy (non-hydrogen) atoms. The minimum atomic E-state index is -4.83. The van der Waals surface area contributed by atoms with Crippen LogP contribution in [0.2, 0.25) is 5.02 Å². The average Bonchev–Trinajstić information content (AvgIpc) is 3.10. The summed E-state index contributed by atoms with van der Waals surface area (Å²) in [7, 11) is 3.19. The minimum absolute atomic E-state index is 0.183. The van der Waals surface area contributed by atoms with Gasteiger partial charge in [0.1, 0.15) is 23.3 Å². The first-order valence-corrected chi connectivity index (χ1v) is 8.93. The predicted molar refractivity (Wildman–Crippen MR) is 105 cm³/mol. The van der Waals surface area contributed by atoms with Crippen molar-refractivity contribution in [1.82, 2.24) is 9.55 Å². The summed E-state index contributed by atoms with van der Waals surface area (Å²) in [6, 6.07) is 7.45. The fraction of sp³-hybridized carbons (Fsp3) is 0.211. The van der Waals surface area contributed by atoms with Crippen molar-refractivity contribution < 1.29 is 22.8 Å². The molecule has 1 aromatic heterocycles. The number of rotatable bonds is 6. The van der Waals surface area contributed by atoms with Gasteiger partial charge in [-0.25, -0.2) is 4.98 Å². The van der Waals surface area contributed by atoms with Crippen LogP contribution in [0.4, 0.5) is 24.5 Å². The number of hydrogen-bond donors (Lipinski definition) is 1. The number of para-hydroxylation sites is 1. The molecule has 0 saturated carbocycles. The molecule has 0 bridgehead atoms. The molecule has 3 aromatic rings. The van der Waals surface area contributed by atoms with Crippen molar-refractivity contribution in [2.75, 3.05) is 12.4 Å². The molecule has 0 spiro atoms. The van der Waals surface area contributed by atoms with Crippen molar-refractivity contribution >= 4 is 23.0 Å². The third-order valence-electron chi connectivity index (χ3n) is 4.45. The standard InChI is InChI=1S/C19H16ClF3N4O3/c1-26-8-7-24-18(26)17(11-5-3-4-6-16(11)30-2)25-14-10-13(20)12(19(21,22)23)9-15(14)27(28)29/h3-10,17,25H,1-2H3. The molecular formula is C19H16ClF3N4O3. The maximum Gasteiger partial charge on any atom is 0.418 e. The Kier molecular flexibility index (Phi) is 5.88. The van der Waals surface area contributed by atoms with E-state index in [1.54, 1.807) is 42.1 Å². The summed E-state index contributed by atoms with van der Waals surface area (Å²) in [4.78, 5) is 14.9. The summed E-state index contributed by atoms with van der Waals surface area (Å²) in [5.74, 6) is 0.934. The highest BCUT2D eigenvalue weighted by Crippen LogP contribution is 2.42. The number of aromatic nitrogens is 2. The lowest BCUT2D eigenvalue weighted by molar-refractivity contribution is -0.384. The Bertz CT molecular complexity index is 1090. The molecule has 11 heteroatoms. The summed E-state index contributed by atoms with van der Waals surface area (Å²) < 4.78 is 46.6. The van der Waals surface area contributed by atoms with E-state index < -0.39 is 33.4 Å². The highest BCUT2D eigenvalue weighted by atomic mass is 35.5. The van der Waals surface area contributed by atoms with Crippen molar-refractivity contribution in [2.24, 2.45) is 7.05 Å². The van der Waals surface area contributed by atoms with Gasteiger partial charge in [0, 0.05) is 31.1 Å². The Balaban J connectivity index is 2.17. The summed E-state index contributed by atoms with van der Waals surface area (Å²) in [5.41, 5.74) is -1.65. The monoisotopic (exact) mass is 440 g/mol. The number of ether oxygens (including phenoxy) is 1. The van der Waals surface area contributed by atoms with Crippen LogP contribution in [-0.4, -0.2) is 21.6 Å². The molecule has 0 saturated heterocycles. The van der Waals surface area contributed by atoms with E-state index in [9.17, 15) is 23.3 Å². The van der Waals surface area contributed by atoms with Gasteiger partial charge in [0.15, 0.2) is 0 Å². The molecule has 0 radical (unpaired) electrons. The molecule has 0 amide bonds. The van der Waals surface area contributed by atoms with E-state index in [1.807, 2.05) is 0 Å². The van der Waals surface area contributed by atoms with Gasteiger partial charge < -0.3 is 14.6 Å². The van der Waals surface area contributed by atoms with Crippen LogP contribution in [0.5, 0.6) is 5.75 Å². The topological polar surface area (TPSA) is 82.2 Å². The van der Waals surface area contributed by atoms with E-state index in [4.69, 9.17) is 16.3 Å². The molecule has 3 rings (SSSR count). The number of hydrogen-bond acceptors (Lipinski definition) is 5. The first-order chi connectivity index (χ1) is 14.1. The Hall–Kier alpha value is -3.27. The van der Waals surface area contributed by atoms with Crippen LogP contribution in [0.3, 0.4) is 0 Å². The number of anilines is 1. The van der Waals surface area contributed by atoms with E-state index in [1.165, 1.54) is 13.3 Å². The maximum atomic E-state index is 13.2. The number of nitrogens with zero attached hydrogens (tertiary/aromatic N) is 3. The van der Waals surface area contributed by atoms with Gasteiger partial charge in [-0.15, -0.1) is 0 Å². The number of nitro benzene ring substituents is 1. The molecule has 0 aliphatic rings. The van der Waals surface area contributed by atoms with Crippen LogP contribution >= 0.6 is 11.6 Å². The van der Waals surface area contributed by atoms with E-state index in [-0.39, 0.29) is 5.69 Å². The van der Waals surface area contributed by atoms with Crippen LogP contribution in [0.25, 0.3) is 0 Å². The summed E-state index contributed by atoms with van der Waals surface area (Å²) in [6.45, 7) is 0. The first-order valence-electron chi connectivity index (χ1n) is 8.55. The maximum absolute atomic E-state index is 13.2. The highest BCUT2D eigenvalue weighted by Gasteiger charge is 2.36. The summed E-state index contributed by atoms with van der Waals surface area (Å²) in [5, 5.41) is 13.8. The van der Waals surface area contributed by atoms with Crippen molar-refractivity contribution in [3.05, 3.63) is 80.9 Å². The molecule has 0 aliphatic heterocycles. The smallest absolute Gasteiger partial charge is 0.418 e. The van der Waals surface area contributed by atoms with E-state index in [0.29, 0.717) is 23.2 Å². The zero-order valence-corrected chi connectivity index (χ0v) is 16.5. The van der Waals surface area contributed by atoms with Crippen LogP contribution in [0.15, 0.2) is 48.8 Å². The zero-order chi connectivity index (χ0) is 22.1. The molecule has 1 atom stereocenters. The minimum Gasteiger partial charge on any atom is -0.496 e. The van der Waals surface area contributed by atoms with E-state index in [0.717, 1.165) is 6.07 Å². The third kappa shape index (κ3) is 4.18. The summed E-state index contributed by atoms with van der Waals surface area (Å²) in [6.07, 6.45) is -1.62. The van der Waals surface area contributed by atoms with Gasteiger partial charge in [-0.2, -0.15) is 13.2 Å². The molecule has 1 unspecified atom stereocenters. The Labute approximate surface area is 174 Å². The van der Waals surface area contributed by atoms with Gasteiger partial charge in [0.25, 0.3) is 5.69 Å². The lowest BCUT2D eigenvalue weighted by atomic mass is 10.0. The lowest BCUT2D eigenvalue weighted by Crippen LogP contribution is -2.19. The number of aryl methyl sites for hydroxylation is 1. The number of methoxy groups -OCH3 is 1. The fourth-order valence-corrected chi connectivity index (χ4v) is 3.31. The van der Waals surface area contributed by atoms with Crippen molar-refractivity contribution in [3.8, 4) is 5.75 Å². The fourth-order valence-electron chi connectivity index (χ4n) is 3.04. The second-order valence-corrected chi connectivity index (χ2v) is 6.73. The van der Waals surface area contributed by atoms with Gasteiger partial charge in [-0.1, -0.05) is 29.8 Å². The normalized spacial score (nSPS) is 12.5. The number of imidazole rings is 1. The zero-order valence-electron chi connectivity index (χ0n) is 15.8. The molecule has 1 heterocycles. The largest absolute Gasteiger partial charge is 0.496 e. The highest BCUT2D eigenvalue weighted by molar-refractivity contribution is 6.31. The van der Waals surface area contributed by atoms with E-state index in [2.05, 4.69) is 10.3 Å². The Morgan fingerprint density at radius 1 is 1.30 bits per heavy atom. The van der Waals surface area contributed by atoms with Crippen molar-refractivity contribution in [1.29, 1.82) is 0 Å². The summed E-state index contributed by atoms with van der Waals surface area (Å²) >= 11 is 5.81. The quantitative estimate of drug-likeness (QED) is 0.420. The predicted octanol–water partition coefficient (Wildman–Crippen LogP) is 5.21. The number of nitro groups is 1. The van der Waals surface area contributed by atoms with E-state index >= 15 is 0 Å². The SMILES string of the molecule is COc1ccccc1C(Nc1cc(Cl)c(C(F)(F)F)cc1[N+](=O)[O-])c1nccn1C. The molecule has 7 nitrogen and oxygen atoms in total. The molecule has 0 aliphatic carbocycles. The van der Waals surface area contributed by atoms with Crippen molar-refractivity contribution in [2.45, 2.75) is 12.2 Å². The second-order valence-electron chi connectivity index (χ2n) is 6.32. The van der Waals surface area contributed by atoms with Crippen LogP contribution in [0.1, 0.15) is 23.0 Å². The molecule has 0 fully saturated rings. The number of alkyl halides is 3. The van der Waals surface area contributed by atoms with Crippen molar-refractivity contribution in [3.63, 3.8) is 0 Å². The number of benzene rings is 2. The molecule has 2 aromatic carbocycles. The molecular weight excluding hydrogens is 425 g/mol. The average molecular weight is 441 g/mol. The van der Waals surface area contributed by atoms with Gasteiger partial charge in [0.2, 0.25) is 0 Å². The Morgan fingerprint density at radius 2 is 2.00 bits per heavy atom. The van der Waals surface area contributed by atoms with Gasteiger partial charge >= 0.3 is 6.18 Å². The Morgan fingerprint density at radius 3 is 2.57 bits per heavy atom. The van der Waals surface area contributed by atoms with Crippen LogP contribution < -0.4 is 10.1 Å². The van der Waals surface area contributed by atoms with Gasteiger partial charge in [0.05, 0.1) is 22.6 Å². The molecule has 1 N–H and O–H groups in total. The van der Waals surface area contributed by atoms with Crippen LogP contribution in [-0.2, 0) is 13.2 Å². The number of nitrogens with one attached hydrogen (secondary N) is 1. The first kappa shape index (κ1) is 21.4. The van der Waals surface area contributed by atoms with Gasteiger partial charge in [-0.3, -0.25) is 10.1 Å². The third-order valence-corrected chi connectivity index (χ3v) is 4.77. The lowest BCUT2D eigenvalue weighted by Gasteiger charge is -2.22.